The highest BCUT2D eigenvalue weighted by Gasteiger charge is 2.54. The van der Waals surface area contributed by atoms with Crippen LogP contribution in [0.3, 0.4) is 0 Å². The maximum atomic E-state index is 14.0. The number of hydrogen-bond acceptors (Lipinski definition) is 4. The Kier molecular flexibility index (Phi) is 5.13. The number of likely N-dealkylation sites (tertiary alicyclic amines) is 2. The minimum Gasteiger partial charge on any atom is -0.343 e. The van der Waals surface area contributed by atoms with Crippen LogP contribution >= 0.6 is 0 Å². The lowest BCUT2D eigenvalue weighted by Crippen LogP contribution is -2.42. The second-order valence-electron chi connectivity index (χ2n) is 7.68. The summed E-state index contributed by atoms with van der Waals surface area (Å²) in [6.07, 6.45) is 4.79. The average Bonchev–Trinajstić information content (AvgIpc) is 3.33. The zero-order valence-corrected chi connectivity index (χ0v) is 16.0. The van der Waals surface area contributed by atoms with Gasteiger partial charge in [-0.15, -0.1) is 0 Å². The standard InChI is InChI=1S/C22H22FN3O3/c23-18-7-3-6-17(11-18)22(12-19(27)25-9-1-2-10-25)13-20(28)26(21(22)29)15-16-5-4-8-24-14-16/h3-8,11,14H,1-2,9-10,12-13,15H2. The van der Waals surface area contributed by atoms with Gasteiger partial charge in [-0.3, -0.25) is 24.3 Å². The number of nitrogens with zero attached hydrogens (tertiary/aromatic N) is 3. The summed E-state index contributed by atoms with van der Waals surface area (Å²) < 4.78 is 14.0. The Balaban J connectivity index is 1.69. The van der Waals surface area contributed by atoms with Crippen LogP contribution in [0.1, 0.15) is 36.8 Å². The molecular formula is C22H22FN3O3. The van der Waals surface area contributed by atoms with Crippen LogP contribution in [0.5, 0.6) is 0 Å². The predicted molar refractivity (Wildman–Crippen MR) is 103 cm³/mol. The molecule has 150 valence electrons. The fourth-order valence-electron chi connectivity index (χ4n) is 4.22. The Bertz CT molecular complexity index is 943. The van der Waals surface area contributed by atoms with E-state index in [1.807, 2.05) is 0 Å². The van der Waals surface area contributed by atoms with Crippen molar-refractivity contribution in [3.63, 3.8) is 0 Å². The molecule has 4 rings (SSSR count). The van der Waals surface area contributed by atoms with E-state index in [4.69, 9.17) is 0 Å². The molecule has 2 saturated heterocycles. The van der Waals surface area contributed by atoms with E-state index < -0.39 is 17.1 Å². The molecule has 0 bridgehead atoms. The van der Waals surface area contributed by atoms with Crippen LogP contribution in [-0.4, -0.2) is 45.6 Å². The Morgan fingerprint density at radius 2 is 1.93 bits per heavy atom. The molecular weight excluding hydrogens is 373 g/mol. The van der Waals surface area contributed by atoms with Crippen LogP contribution < -0.4 is 0 Å². The van der Waals surface area contributed by atoms with Gasteiger partial charge in [0.25, 0.3) is 0 Å². The van der Waals surface area contributed by atoms with Gasteiger partial charge in [0, 0.05) is 38.3 Å². The van der Waals surface area contributed by atoms with E-state index in [0.717, 1.165) is 18.4 Å². The molecule has 0 saturated carbocycles. The predicted octanol–water partition coefficient (Wildman–Crippen LogP) is 2.43. The first kappa shape index (κ1) is 19.2. The van der Waals surface area contributed by atoms with Crippen molar-refractivity contribution in [1.29, 1.82) is 0 Å². The van der Waals surface area contributed by atoms with Crippen molar-refractivity contribution in [2.75, 3.05) is 13.1 Å². The zero-order chi connectivity index (χ0) is 20.4. The molecule has 3 amide bonds. The fraction of sp³-hybridized carbons (Fsp3) is 0.364. The molecule has 1 aromatic carbocycles. The second kappa shape index (κ2) is 7.73. The van der Waals surface area contributed by atoms with Crippen molar-refractivity contribution in [3.8, 4) is 0 Å². The summed E-state index contributed by atoms with van der Waals surface area (Å²) in [4.78, 5) is 46.2. The van der Waals surface area contributed by atoms with Crippen LogP contribution in [0.15, 0.2) is 48.8 Å². The van der Waals surface area contributed by atoms with Gasteiger partial charge in [-0.25, -0.2) is 4.39 Å². The number of benzene rings is 1. The van der Waals surface area contributed by atoms with Gasteiger partial charge in [0.05, 0.1) is 12.0 Å². The van der Waals surface area contributed by atoms with E-state index in [9.17, 15) is 18.8 Å². The molecule has 0 spiro atoms. The molecule has 0 N–H and O–H groups in total. The number of aromatic nitrogens is 1. The topological polar surface area (TPSA) is 70.6 Å². The number of imide groups is 1. The Morgan fingerprint density at radius 1 is 1.14 bits per heavy atom. The van der Waals surface area contributed by atoms with Gasteiger partial charge >= 0.3 is 0 Å². The van der Waals surface area contributed by atoms with Crippen molar-refractivity contribution >= 4 is 17.7 Å². The smallest absolute Gasteiger partial charge is 0.241 e. The van der Waals surface area contributed by atoms with Gasteiger partial charge < -0.3 is 4.90 Å². The van der Waals surface area contributed by atoms with Crippen LogP contribution in [0.25, 0.3) is 0 Å². The molecule has 3 heterocycles. The monoisotopic (exact) mass is 395 g/mol. The summed E-state index contributed by atoms with van der Waals surface area (Å²) in [5.41, 5.74) is -0.284. The van der Waals surface area contributed by atoms with Gasteiger partial charge in [0.1, 0.15) is 5.82 Å². The average molecular weight is 395 g/mol. The summed E-state index contributed by atoms with van der Waals surface area (Å²) in [5, 5.41) is 0. The number of pyridine rings is 1. The summed E-state index contributed by atoms with van der Waals surface area (Å²) in [5.74, 6) is -1.49. The quantitative estimate of drug-likeness (QED) is 0.729. The Labute approximate surface area is 168 Å². The third-order valence-electron chi connectivity index (χ3n) is 5.76. The first-order chi connectivity index (χ1) is 14.0. The first-order valence-electron chi connectivity index (χ1n) is 9.77. The molecule has 29 heavy (non-hydrogen) atoms. The SMILES string of the molecule is O=C(CC1(c2cccc(F)c2)CC(=O)N(Cc2cccnc2)C1=O)N1CCCC1. The second-order valence-corrected chi connectivity index (χ2v) is 7.68. The summed E-state index contributed by atoms with van der Waals surface area (Å²) in [6, 6.07) is 9.19. The maximum absolute atomic E-state index is 14.0. The highest BCUT2D eigenvalue weighted by Crippen LogP contribution is 2.41. The highest BCUT2D eigenvalue weighted by atomic mass is 19.1. The van der Waals surface area contributed by atoms with E-state index >= 15 is 0 Å². The lowest BCUT2D eigenvalue weighted by atomic mass is 9.75. The molecule has 2 aliphatic heterocycles. The minimum absolute atomic E-state index is 0.0838. The number of carbonyl (C=O) groups is 3. The van der Waals surface area contributed by atoms with E-state index in [0.29, 0.717) is 18.7 Å². The van der Waals surface area contributed by atoms with Gasteiger partial charge in [-0.05, 0) is 42.2 Å². The Hall–Kier alpha value is -3.09. The van der Waals surface area contributed by atoms with Crippen molar-refractivity contribution in [2.24, 2.45) is 0 Å². The molecule has 2 aromatic rings. The van der Waals surface area contributed by atoms with E-state index in [2.05, 4.69) is 4.98 Å². The summed E-state index contributed by atoms with van der Waals surface area (Å²) >= 11 is 0. The molecule has 1 aromatic heterocycles. The summed E-state index contributed by atoms with van der Waals surface area (Å²) in [6.45, 7) is 1.39. The van der Waals surface area contributed by atoms with Crippen LogP contribution in [0.4, 0.5) is 4.39 Å². The molecule has 0 radical (unpaired) electrons. The molecule has 6 nitrogen and oxygen atoms in total. The largest absolute Gasteiger partial charge is 0.343 e. The normalized spacial score (nSPS) is 21.8. The lowest BCUT2D eigenvalue weighted by Gasteiger charge is -2.29. The number of rotatable bonds is 5. The van der Waals surface area contributed by atoms with E-state index in [-0.39, 0.29) is 31.2 Å². The zero-order valence-electron chi connectivity index (χ0n) is 16.0. The molecule has 1 unspecified atom stereocenters. The number of hydrogen-bond donors (Lipinski definition) is 0. The third kappa shape index (κ3) is 3.64. The van der Waals surface area contributed by atoms with Crippen molar-refractivity contribution in [2.45, 2.75) is 37.6 Å². The van der Waals surface area contributed by atoms with E-state index in [1.54, 1.807) is 35.5 Å². The fourth-order valence-corrected chi connectivity index (χ4v) is 4.22. The Morgan fingerprint density at radius 3 is 2.62 bits per heavy atom. The molecule has 1 atom stereocenters. The van der Waals surface area contributed by atoms with Gasteiger partial charge in [-0.2, -0.15) is 0 Å². The minimum atomic E-state index is -1.37. The van der Waals surface area contributed by atoms with Crippen molar-refractivity contribution < 1.29 is 18.8 Å². The lowest BCUT2D eigenvalue weighted by molar-refractivity contribution is -0.143. The first-order valence-corrected chi connectivity index (χ1v) is 9.77. The number of carbonyl (C=O) groups excluding carboxylic acids is 3. The van der Waals surface area contributed by atoms with Crippen molar-refractivity contribution in [3.05, 3.63) is 65.7 Å². The molecule has 0 aliphatic carbocycles. The third-order valence-corrected chi connectivity index (χ3v) is 5.76. The van der Waals surface area contributed by atoms with Gasteiger partial charge in [0.2, 0.25) is 17.7 Å². The van der Waals surface area contributed by atoms with Crippen LogP contribution in [-0.2, 0) is 26.3 Å². The van der Waals surface area contributed by atoms with Gasteiger partial charge in [0.15, 0.2) is 0 Å². The molecule has 2 fully saturated rings. The number of halogens is 1. The molecule has 7 heteroatoms. The van der Waals surface area contributed by atoms with Crippen LogP contribution in [0, 0.1) is 5.82 Å². The van der Waals surface area contributed by atoms with Crippen molar-refractivity contribution in [1.82, 2.24) is 14.8 Å². The van der Waals surface area contributed by atoms with Crippen LogP contribution in [0.2, 0.25) is 0 Å². The summed E-state index contributed by atoms with van der Waals surface area (Å²) in [7, 11) is 0. The maximum Gasteiger partial charge on any atom is 0.241 e. The molecule has 2 aliphatic rings. The van der Waals surface area contributed by atoms with E-state index in [1.165, 1.54) is 23.1 Å². The highest BCUT2D eigenvalue weighted by molar-refractivity contribution is 6.10. The van der Waals surface area contributed by atoms with Gasteiger partial charge in [-0.1, -0.05) is 18.2 Å². The number of amides is 3.